The van der Waals surface area contributed by atoms with Gasteiger partial charge in [0.2, 0.25) is 0 Å². The number of nitrogens with zero attached hydrogens (tertiary/aromatic N) is 2. The van der Waals surface area contributed by atoms with Gasteiger partial charge >= 0.3 is 0 Å². The zero-order valence-electron chi connectivity index (χ0n) is 8.58. The fourth-order valence-electron chi connectivity index (χ4n) is 1.13. The van der Waals surface area contributed by atoms with Crippen molar-refractivity contribution in [3.63, 3.8) is 0 Å². The third-order valence-corrected chi connectivity index (χ3v) is 2.93. The maximum absolute atomic E-state index is 7.16. The summed E-state index contributed by atoms with van der Waals surface area (Å²) in [6, 6.07) is 0. The van der Waals surface area contributed by atoms with Crippen molar-refractivity contribution in [2.75, 3.05) is 18.0 Å². The van der Waals surface area contributed by atoms with Crippen molar-refractivity contribution in [3.05, 3.63) is 11.1 Å². The number of hydrogen-bond acceptors (Lipinski definition) is 4. The molecule has 78 valence electrons. The van der Waals surface area contributed by atoms with E-state index >= 15 is 0 Å². The van der Waals surface area contributed by atoms with Crippen molar-refractivity contribution in [1.29, 1.82) is 5.41 Å². The lowest BCUT2D eigenvalue weighted by Crippen LogP contribution is -2.27. The Labute approximate surface area is 88.3 Å². The van der Waals surface area contributed by atoms with Gasteiger partial charge in [-0.2, -0.15) is 0 Å². The molecule has 1 rings (SSSR count). The first-order valence-electron chi connectivity index (χ1n) is 4.63. The molecule has 1 heterocycles. The summed E-state index contributed by atoms with van der Waals surface area (Å²) in [6.07, 6.45) is 0.604. The van der Waals surface area contributed by atoms with E-state index in [0.717, 1.165) is 23.9 Å². The molecule has 0 bridgehead atoms. The number of hydrogen-bond donors (Lipinski definition) is 2. The van der Waals surface area contributed by atoms with Gasteiger partial charge in [-0.15, -0.1) is 11.3 Å². The molecule has 0 amide bonds. The first-order chi connectivity index (χ1) is 6.63. The van der Waals surface area contributed by atoms with Crippen LogP contribution in [0.25, 0.3) is 0 Å². The van der Waals surface area contributed by atoms with E-state index in [0.29, 0.717) is 6.42 Å². The number of nitrogens with two attached hydrogens (primary N) is 1. The number of aromatic nitrogens is 1. The molecule has 3 N–H and O–H groups in total. The summed E-state index contributed by atoms with van der Waals surface area (Å²) in [5.74, 6) is 0.233. The zero-order valence-corrected chi connectivity index (χ0v) is 9.40. The monoisotopic (exact) mass is 212 g/mol. The van der Waals surface area contributed by atoms with Crippen LogP contribution in [-0.4, -0.2) is 23.9 Å². The Balaban J connectivity index is 2.58. The molecule has 14 heavy (non-hydrogen) atoms. The highest BCUT2D eigenvalue weighted by atomic mass is 32.1. The number of rotatable bonds is 5. The minimum atomic E-state index is 0.233. The van der Waals surface area contributed by atoms with Crippen molar-refractivity contribution in [3.8, 4) is 0 Å². The van der Waals surface area contributed by atoms with Gasteiger partial charge in [0.25, 0.3) is 0 Å². The molecule has 0 fully saturated rings. The Kier molecular flexibility index (Phi) is 3.88. The summed E-state index contributed by atoms with van der Waals surface area (Å²) < 4.78 is 0. The van der Waals surface area contributed by atoms with Crippen molar-refractivity contribution in [2.45, 2.75) is 20.3 Å². The summed E-state index contributed by atoms with van der Waals surface area (Å²) in [6.45, 7) is 5.74. The summed E-state index contributed by atoms with van der Waals surface area (Å²) in [5.41, 5.74) is 6.37. The average Bonchev–Trinajstić information content (AvgIpc) is 2.53. The predicted molar refractivity (Wildman–Crippen MR) is 61.3 cm³/mol. The molecule has 5 heteroatoms. The molecule has 0 unspecified atom stereocenters. The lowest BCUT2D eigenvalue weighted by atomic mass is 10.4. The summed E-state index contributed by atoms with van der Waals surface area (Å²) in [7, 11) is 0. The average molecular weight is 212 g/mol. The van der Waals surface area contributed by atoms with Crippen molar-refractivity contribution < 1.29 is 0 Å². The highest BCUT2D eigenvalue weighted by Crippen LogP contribution is 2.19. The van der Waals surface area contributed by atoms with E-state index in [4.69, 9.17) is 11.1 Å². The third-order valence-electron chi connectivity index (χ3n) is 1.91. The Hall–Kier alpha value is -1.10. The minimum absolute atomic E-state index is 0.233. The lowest BCUT2D eigenvalue weighted by molar-refractivity contribution is 0.824. The van der Waals surface area contributed by atoms with Crippen LogP contribution in [0.15, 0.2) is 5.38 Å². The number of nitrogens with one attached hydrogen (secondary N) is 1. The number of aryl methyl sites for hydroxylation is 1. The molecule has 0 radical (unpaired) electrons. The lowest BCUT2D eigenvalue weighted by Gasteiger charge is -2.18. The molecule has 0 aromatic carbocycles. The van der Waals surface area contributed by atoms with E-state index in [2.05, 4.69) is 16.8 Å². The molecule has 4 nitrogen and oxygen atoms in total. The fourth-order valence-corrected chi connectivity index (χ4v) is 2.03. The van der Waals surface area contributed by atoms with Gasteiger partial charge in [0, 0.05) is 24.9 Å². The van der Waals surface area contributed by atoms with Crippen LogP contribution in [0.5, 0.6) is 0 Å². The second kappa shape index (κ2) is 4.95. The van der Waals surface area contributed by atoms with Crippen molar-refractivity contribution in [1.82, 2.24) is 4.98 Å². The van der Waals surface area contributed by atoms with Crippen LogP contribution in [0.1, 0.15) is 19.0 Å². The molecule has 0 aliphatic rings. The smallest absolute Gasteiger partial charge is 0.185 e. The topological polar surface area (TPSA) is 66.0 Å². The van der Waals surface area contributed by atoms with E-state index in [1.54, 1.807) is 11.3 Å². The molecule has 0 atom stereocenters. The van der Waals surface area contributed by atoms with Gasteiger partial charge in [0.1, 0.15) is 0 Å². The molecular formula is C9H16N4S. The first-order valence-corrected chi connectivity index (χ1v) is 5.51. The second-order valence-corrected chi connectivity index (χ2v) is 3.96. The van der Waals surface area contributed by atoms with Crippen LogP contribution < -0.4 is 10.6 Å². The first kappa shape index (κ1) is 11.0. The summed E-state index contributed by atoms with van der Waals surface area (Å²) >= 11 is 1.64. The Morgan fingerprint density at radius 3 is 2.86 bits per heavy atom. The largest absolute Gasteiger partial charge is 0.388 e. The maximum atomic E-state index is 7.16. The van der Waals surface area contributed by atoms with Gasteiger partial charge in [-0.3, -0.25) is 5.41 Å². The molecule has 1 aromatic rings. The second-order valence-electron chi connectivity index (χ2n) is 3.13. The van der Waals surface area contributed by atoms with Gasteiger partial charge in [-0.1, -0.05) is 0 Å². The van der Waals surface area contributed by atoms with E-state index < -0.39 is 0 Å². The number of amidine groups is 1. The normalized spacial score (nSPS) is 10.1. The van der Waals surface area contributed by atoms with Crippen LogP contribution >= 0.6 is 11.3 Å². The summed E-state index contributed by atoms with van der Waals surface area (Å²) in [5, 5.41) is 10.2. The third kappa shape index (κ3) is 2.99. The van der Waals surface area contributed by atoms with E-state index in [9.17, 15) is 0 Å². The van der Waals surface area contributed by atoms with Crippen LogP contribution in [0, 0.1) is 12.3 Å². The van der Waals surface area contributed by atoms with E-state index in [1.165, 1.54) is 0 Å². The van der Waals surface area contributed by atoms with Gasteiger partial charge in [0.05, 0.1) is 11.5 Å². The SMILES string of the molecule is CCN(CCC(=N)N)c1nc(C)cs1. The van der Waals surface area contributed by atoms with Crippen molar-refractivity contribution >= 4 is 22.3 Å². The van der Waals surface area contributed by atoms with Crippen molar-refractivity contribution in [2.24, 2.45) is 5.73 Å². The number of anilines is 1. The Bertz CT molecular complexity index is 308. The predicted octanol–water partition coefficient (Wildman–Crippen LogP) is 1.60. The Morgan fingerprint density at radius 2 is 2.43 bits per heavy atom. The number of thiazole rings is 1. The molecule has 0 saturated carbocycles. The Morgan fingerprint density at radius 1 is 1.71 bits per heavy atom. The maximum Gasteiger partial charge on any atom is 0.185 e. The van der Waals surface area contributed by atoms with Gasteiger partial charge in [0.15, 0.2) is 5.13 Å². The fraction of sp³-hybridized carbons (Fsp3) is 0.556. The van der Waals surface area contributed by atoms with Gasteiger partial charge in [-0.25, -0.2) is 4.98 Å². The highest BCUT2D eigenvalue weighted by molar-refractivity contribution is 7.13. The minimum Gasteiger partial charge on any atom is -0.388 e. The molecule has 0 saturated heterocycles. The van der Waals surface area contributed by atoms with Gasteiger partial charge in [-0.05, 0) is 13.8 Å². The standard InChI is InChI=1S/C9H16N4S/c1-3-13(5-4-8(10)11)9-12-7(2)6-14-9/h6H,3-5H2,1-2H3,(H3,10,11). The van der Waals surface area contributed by atoms with Crippen LogP contribution in [0.4, 0.5) is 5.13 Å². The van der Waals surface area contributed by atoms with Crippen LogP contribution in [-0.2, 0) is 0 Å². The zero-order chi connectivity index (χ0) is 10.6. The molecule has 0 aliphatic heterocycles. The molecular weight excluding hydrogens is 196 g/mol. The molecule has 0 spiro atoms. The molecule has 1 aromatic heterocycles. The van der Waals surface area contributed by atoms with Crippen LogP contribution in [0.3, 0.4) is 0 Å². The quantitative estimate of drug-likeness (QED) is 0.575. The van der Waals surface area contributed by atoms with Crippen LogP contribution in [0.2, 0.25) is 0 Å². The van der Waals surface area contributed by atoms with E-state index in [1.807, 2.05) is 12.3 Å². The summed E-state index contributed by atoms with van der Waals surface area (Å²) in [4.78, 5) is 6.53. The van der Waals surface area contributed by atoms with E-state index in [-0.39, 0.29) is 5.84 Å². The van der Waals surface area contributed by atoms with Gasteiger partial charge < -0.3 is 10.6 Å². The molecule has 0 aliphatic carbocycles. The highest BCUT2D eigenvalue weighted by Gasteiger charge is 2.07.